The van der Waals surface area contributed by atoms with Crippen LogP contribution in [0.25, 0.3) is 0 Å². The molecule has 1 atom stereocenters. The van der Waals surface area contributed by atoms with Crippen molar-refractivity contribution in [3.05, 3.63) is 83.9 Å². The number of aromatic nitrogens is 3. The first kappa shape index (κ1) is 18.8. The summed E-state index contributed by atoms with van der Waals surface area (Å²) in [5.41, 5.74) is 3.00. The van der Waals surface area contributed by atoms with Gasteiger partial charge in [0.05, 0.1) is 6.54 Å². The summed E-state index contributed by atoms with van der Waals surface area (Å²) in [4.78, 5) is 18.6. The average molecular weight is 363 g/mol. The number of amides is 1. The number of nitrogens with zero attached hydrogens (tertiary/aromatic N) is 4. The maximum absolute atomic E-state index is 12.5. The van der Waals surface area contributed by atoms with Gasteiger partial charge in [-0.05, 0) is 43.8 Å². The minimum absolute atomic E-state index is 0.0535. The summed E-state index contributed by atoms with van der Waals surface area (Å²) in [6, 6.07) is 18.2. The average Bonchev–Trinajstić information content (AvgIpc) is 3.19. The Balaban J connectivity index is 1.55. The van der Waals surface area contributed by atoms with Crippen molar-refractivity contribution in [3.8, 4) is 0 Å². The van der Waals surface area contributed by atoms with Crippen molar-refractivity contribution in [2.24, 2.45) is 0 Å². The zero-order chi connectivity index (χ0) is 19.1. The van der Waals surface area contributed by atoms with Crippen LogP contribution in [0, 0.1) is 0 Å². The van der Waals surface area contributed by atoms with Crippen LogP contribution in [0.5, 0.6) is 0 Å². The summed E-state index contributed by atoms with van der Waals surface area (Å²) in [7, 11) is 4.08. The van der Waals surface area contributed by atoms with E-state index < -0.39 is 0 Å². The lowest BCUT2D eigenvalue weighted by molar-refractivity contribution is 0.0941. The number of hydrogen-bond donors (Lipinski definition) is 1. The van der Waals surface area contributed by atoms with Crippen LogP contribution in [-0.2, 0) is 13.0 Å². The monoisotopic (exact) mass is 363 g/mol. The lowest BCUT2D eigenvalue weighted by Gasteiger charge is -2.24. The molecule has 6 heteroatoms. The number of benzene rings is 2. The van der Waals surface area contributed by atoms with Crippen molar-refractivity contribution < 1.29 is 4.79 Å². The maximum atomic E-state index is 12.5. The molecule has 1 N–H and O–H groups in total. The van der Waals surface area contributed by atoms with E-state index in [1.54, 1.807) is 11.0 Å². The van der Waals surface area contributed by atoms with Crippen LogP contribution >= 0.6 is 0 Å². The van der Waals surface area contributed by atoms with Gasteiger partial charge in [-0.15, -0.1) is 0 Å². The van der Waals surface area contributed by atoms with Crippen LogP contribution < -0.4 is 5.32 Å². The number of likely N-dealkylation sites (N-methyl/N-ethyl adjacent to an activating group) is 1. The smallest absolute Gasteiger partial charge is 0.251 e. The molecule has 6 nitrogen and oxygen atoms in total. The summed E-state index contributed by atoms with van der Waals surface area (Å²) in [6.45, 7) is 1.24. The number of rotatable bonds is 8. The van der Waals surface area contributed by atoms with Crippen molar-refractivity contribution in [2.45, 2.75) is 19.0 Å². The van der Waals surface area contributed by atoms with Gasteiger partial charge in [-0.2, -0.15) is 5.10 Å². The fourth-order valence-electron chi connectivity index (χ4n) is 2.90. The molecule has 3 aromatic rings. The molecular weight excluding hydrogens is 338 g/mol. The van der Waals surface area contributed by atoms with E-state index in [1.807, 2.05) is 56.6 Å². The molecule has 0 aliphatic heterocycles. The van der Waals surface area contributed by atoms with E-state index in [9.17, 15) is 4.79 Å². The van der Waals surface area contributed by atoms with Crippen LogP contribution in [0.2, 0.25) is 0 Å². The summed E-state index contributed by atoms with van der Waals surface area (Å²) in [5, 5.41) is 7.15. The minimum atomic E-state index is -0.0535. The second-order valence-corrected chi connectivity index (χ2v) is 6.81. The van der Waals surface area contributed by atoms with E-state index >= 15 is 0 Å². The quantitative estimate of drug-likeness (QED) is 0.667. The van der Waals surface area contributed by atoms with Crippen LogP contribution in [0.15, 0.2) is 67.3 Å². The fraction of sp³-hybridized carbons (Fsp3) is 0.286. The highest BCUT2D eigenvalue weighted by Gasteiger charge is 2.14. The SMILES string of the molecule is CN(C)C(CNC(=O)c1ccc(Cn2cncn2)cc1)Cc1ccccc1. The van der Waals surface area contributed by atoms with Gasteiger partial charge in [-0.25, -0.2) is 9.67 Å². The van der Waals surface area contributed by atoms with Crippen LogP contribution in [-0.4, -0.2) is 52.3 Å². The fourth-order valence-corrected chi connectivity index (χ4v) is 2.90. The minimum Gasteiger partial charge on any atom is -0.350 e. The maximum Gasteiger partial charge on any atom is 0.251 e. The summed E-state index contributed by atoms with van der Waals surface area (Å²) < 4.78 is 1.75. The summed E-state index contributed by atoms with van der Waals surface area (Å²) in [6.07, 6.45) is 4.08. The molecule has 0 saturated carbocycles. The Morgan fingerprint density at radius 3 is 2.44 bits per heavy atom. The molecule has 0 saturated heterocycles. The molecule has 0 aliphatic rings. The first-order valence-electron chi connectivity index (χ1n) is 9.01. The van der Waals surface area contributed by atoms with E-state index in [4.69, 9.17) is 0 Å². The van der Waals surface area contributed by atoms with E-state index in [2.05, 4.69) is 32.4 Å². The van der Waals surface area contributed by atoms with Gasteiger partial charge >= 0.3 is 0 Å². The number of nitrogens with one attached hydrogen (secondary N) is 1. The molecule has 0 bridgehead atoms. The highest BCUT2D eigenvalue weighted by molar-refractivity contribution is 5.94. The molecule has 0 aliphatic carbocycles. The number of carbonyl (C=O) groups is 1. The van der Waals surface area contributed by atoms with Gasteiger partial charge in [-0.3, -0.25) is 4.79 Å². The predicted molar refractivity (Wildman–Crippen MR) is 106 cm³/mol. The Labute approximate surface area is 159 Å². The van der Waals surface area contributed by atoms with E-state index in [1.165, 1.54) is 11.9 Å². The van der Waals surface area contributed by atoms with Crippen LogP contribution in [0.3, 0.4) is 0 Å². The first-order chi connectivity index (χ1) is 13.1. The van der Waals surface area contributed by atoms with Gasteiger partial charge in [-0.1, -0.05) is 42.5 Å². The Hall–Kier alpha value is -2.99. The number of carbonyl (C=O) groups excluding carboxylic acids is 1. The van der Waals surface area contributed by atoms with Gasteiger partial charge in [0.25, 0.3) is 5.91 Å². The lowest BCUT2D eigenvalue weighted by Crippen LogP contribution is -2.41. The van der Waals surface area contributed by atoms with Gasteiger partial charge < -0.3 is 10.2 Å². The van der Waals surface area contributed by atoms with Crippen molar-refractivity contribution in [1.29, 1.82) is 0 Å². The second kappa shape index (κ2) is 9.09. The van der Waals surface area contributed by atoms with Crippen molar-refractivity contribution >= 4 is 5.91 Å². The van der Waals surface area contributed by atoms with Gasteiger partial charge in [0.1, 0.15) is 12.7 Å². The molecule has 1 aromatic heterocycles. The molecule has 0 spiro atoms. The largest absolute Gasteiger partial charge is 0.350 e. The molecule has 140 valence electrons. The van der Waals surface area contributed by atoms with E-state index in [-0.39, 0.29) is 11.9 Å². The molecule has 0 radical (unpaired) electrons. The zero-order valence-electron chi connectivity index (χ0n) is 15.7. The Morgan fingerprint density at radius 2 is 1.81 bits per heavy atom. The molecule has 1 unspecified atom stereocenters. The Bertz CT molecular complexity index is 829. The highest BCUT2D eigenvalue weighted by Crippen LogP contribution is 2.08. The Morgan fingerprint density at radius 1 is 1.07 bits per heavy atom. The second-order valence-electron chi connectivity index (χ2n) is 6.81. The van der Waals surface area contributed by atoms with Gasteiger partial charge in [0.2, 0.25) is 0 Å². The third-order valence-corrected chi connectivity index (χ3v) is 4.57. The third kappa shape index (κ3) is 5.49. The first-order valence-corrected chi connectivity index (χ1v) is 9.01. The highest BCUT2D eigenvalue weighted by atomic mass is 16.1. The third-order valence-electron chi connectivity index (χ3n) is 4.57. The molecular formula is C21H25N5O. The van der Waals surface area contributed by atoms with Crippen molar-refractivity contribution in [3.63, 3.8) is 0 Å². The summed E-state index contributed by atoms with van der Waals surface area (Å²) >= 11 is 0. The van der Waals surface area contributed by atoms with Gasteiger partial charge in [0.15, 0.2) is 0 Å². The topological polar surface area (TPSA) is 63.1 Å². The zero-order valence-corrected chi connectivity index (χ0v) is 15.7. The van der Waals surface area contributed by atoms with Crippen molar-refractivity contribution in [2.75, 3.05) is 20.6 Å². The standard InChI is InChI=1S/C21H25N5O/c1-25(2)20(12-17-6-4-3-5-7-17)13-23-21(27)19-10-8-18(9-11-19)14-26-16-22-15-24-26/h3-11,15-16,20H,12-14H2,1-2H3,(H,23,27). The molecule has 3 rings (SSSR count). The van der Waals surface area contributed by atoms with Gasteiger partial charge in [0, 0.05) is 18.2 Å². The van der Waals surface area contributed by atoms with Crippen LogP contribution in [0.1, 0.15) is 21.5 Å². The molecule has 1 heterocycles. The normalized spacial score (nSPS) is 12.1. The molecule has 2 aromatic carbocycles. The predicted octanol–water partition coefficient (Wildman–Crippen LogP) is 2.23. The van der Waals surface area contributed by atoms with E-state index in [0.29, 0.717) is 18.7 Å². The molecule has 1 amide bonds. The van der Waals surface area contributed by atoms with Crippen LogP contribution in [0.4, 0.5) is 0 Å². The summed E-state index contributed by atoms with van der Waals surface area (Å²) in [5.74, 6) is -0.0535. The van der Waals surface area contributed by atoms with Crippen molar-refractivity contribution in [1.82, 2.24) is 25.0 Å². The lowest BCUT2D eigenvalue weighted by atomic mass is 10.0. The number of hydrogen-bond acceptors (Lipinski definition) is 4. The molecule has 0 fully saturated rings. The molecule has 27 heavy (non-hydrogen) atoms. The Kier molecular flexibility index (Phi) is 6.33. The van der Waals surface area contributed by atoms with E-state index in [0.717, 1.165) is 12.0 Å².